The van der Waals surface area contributed by atoms with E-state index in [1.165, 1.54) is 19.3 Å². The first kappa shape index (κ1) is 17.8. The van der Waals surface area contributed by atoms with Crippen LogP contribution in [0, 0.1) is 0 Å². The summed E-state index contributed by atoms with van der Waals surface area (Å²) in [5.41, 5.74) is 1.79. The van der Waals surface area contributed by atoms with Gasteiger partial charge in [0.2, 0.25) is 0 Å². The number of piperidine rings is 1. The SMILES string of the molecule is CCCOCc1cccc(NC(=O)OCCN2CCCCC2)c1. The topological polar surface area (TPSA) is 50.8 Å². The fraction of sp³-hybridized carbons (Fsp3) is 0.611. The van der Waals surface area contributed by atoms with Gasteiger partial charge in [0.05, 0.1) is 6.61 Å². The average molecular weight is 320 g/mol. The zero-order chi connectivity index (χ0) is 16.3. The maximum absolute atomic E-state index is 11.8. The Kier molecular flexibility index (Phi) is 7.90. The minimum atomic E-state index is -0.395. The number of hydrogen-bond acceptors (Lipinski definition) is 4. The minimum Gasteiger partial charge on any atom is -0.448 e. The van der Waals surface area contributed by atoms with Crippen molar-refractivity contribution in [1.29, 1.82) is 0 Å². The number of rotatable bonds is 8. The second-order valence-corrected chi connectivity index (χ2v) is 5.92. The third-order valence-electron chi connectivity index (χ3n) is 3.88. The summed E-state index contributed by atoms with van der Waals surface area (Å²) in [7, 11) is 0. The van der Waals surface area contributed by atoms with Crippen LogP contribution in [0.15, 0.2) is 24.3 Å². The number of ether oxygens (including phenoxy) is 2. The second-order valence-electron chi connectivity index (χ2n) is 5.92. The Morgan fingerprint density at radius 3 is 2.83 bits per heavy atom. The van der Waals surface area contributed by atoms with E-state index in [2.05, 4.69) is 17.1 Å². The Hall–Kier alpha value is -1.59. The van der Waals surface area contributed by atoms with Gasteiger partial charge in [-0.25, -0.2) is 4.79 Å². The molecule has 1 aromatic carbocycles. The van der Waals surface area contributed by atoms with E-state index >= 15 is 0 Å². The molecular weight excluding hydrogens is 292 g/mol. The number of amides is 1. The lowest BCUT2D eigenvalue weighted by molar-refractivity contribution is 0.121. The fourth-order valence-corrected chi connectivity index (χ4v) is 2.68. The van der Waals surface area contributed by atoms with Crippen molar-refractivity contribution >= 4 is 11.8 Å². The molecule has 0 radical (unpaired) electrons. The molecule has 1 amide bonds. The zero-order valence-corrected chi connectivity index (χ0v) is 14.1. The van der Waals surface area contributed by atoms with Crippen molar-refractivity contribution in [3.63, 3.8) is 0 Å². The van der Waals surface area contributed by atoms with E-state index in [-0.39, 0.29) is 0 Å². The van der Waals surface area contributed by atoms with Crippen LogP contribution in [0.2, 0.25) is 0 Å². The number of carbonyl (C=O) groups excluding carboxylic acids is 1. The summed E-state index contributed by atoms with van der Waals surface area (Å²) < 4.78 is 10.8. The molecule has 1 saturated heterocycles. The van der Waals surface area contributed by atoms with E-state index in [1.54, 1.807) is 0 Å². The molecule has 5 heteroatoms. The van der Waals surface area contributed by atoms with E-state index in [0.29, 0.717) is 13.2 Å². The van der Waals surface area contributed by atoms with Crippen LogP contribution in [0.25, 0.3) is 0 Å². The normalized spacial score (nSPS) is 15.3. The van der Waals surface area contributed by atoms with Crippen LogP contribution in [-0.4, -0.2) is 43.8 Å². The molecule has 23 heavy (non-hydrogen) atoms. The van der Waals surface area contributed by atoms with E-state index < -0.39 is 6.09 Å². The number of anilines is 1. The molecule has 1 heterocycles. The van der Waals surface area contributed by atoms with Crippen molar-refractivity contribution in [2.45, 2.75) is 39.2 Å². The first-order valence-corrected chi connectivity index (χ1v) is 8.60. The van der Waals surface area contributed by atoms with Crippen molar-refractivity contribution in [2.24, 2.45) is 0 Å². The molecule has 128 valence electrons. The van der Waals surface area contributed by atoms with E-state index in [0.717, 1.165) is 43.9 Å². The highest BCUT2D eigenvalue weighted by atomic mass is 16.5. The Morgan fingerprint density at radius 2 is 2.04 bits per heavy atom. The Bertz CT molecular complexity index is 473. The van der Waals surface area contributed by atoms with Gasteiger partial charge in [-0.15, -0.1) is 0 Å². The predicted octanol–water partition coefficient (Wildman–Crippen LogP) is 3.65. The van der Waals surface area contributed by atoms with Gasteiger partial charge in [0, 0.05) is 18.8 Å². The zero-order valence-electron chi connectivity index (χ0n) is 14.1. The number of likely N-dealkylation sites (tertiary alicyclic amines) is 1. The van der Waals surface area contributed by atoms with Gasteiger partial charge >= 0.3 is 6.09 Å². The molecule has 2 rings (SSSR count). The first-order valence-electron chi connectivity index (χ1n) is 8.60. The minimum absolute atomic E-state index is 0.395. The molecule has 1 aliphatic heterocycles. The van der Waals surface area contributed by atoms with Gasteiger partial charge in [0.1, 0.15) is 6.61 Å². The summed E-state index contributed by atoms with van der Waals surface area (Å²) in [5, 5.41) is 2.78. The molecular formula is C18H28N2O3. The van der Waals surface area contributed by atoms with Gasteiger partial charge in [0.25, 0.3) is 0 Å². The highest BCUT2D eigenvalue weighted by Crippen LogP contribution is 2.12. The largest absolute Gasteiger partial charge is 0.448 e. The van der Waals surface area contributed by atoms with Crippen molar-refractivity contribution in [2.75, 3.05) is 38.2 Å². The number of nitrogens with one attached hydrogen (secondary N) is 1. The fourth-order valence-electron chi connectivity index (χ4n) is 2.68. The van der Waals surface area contributed by atoms with Gasteiger partial charge in [-0.3, -0.25) is 10.2 Å². The van der Waals surface area contributed by atoms with Crippen molar-refractivity contribution in [3.05, 3.63) is 29.8 Å². The highest BCUT2D eigenvalue weighted by Gasteiger charge is 2.10. The Labute approximate surface area is 139 Å². The van der Waals surface area contributed by atoms with Crippen molar-refractivity contribution in [1.82, 2.24) is 4.90 Å². The van der Waals surface area contributed by atoms with Gasteiger partial charge in [0.15, 0.2) is 0 Å². The van der Waals surface area contributed by atoms with Gasteiger partial charge in [-0.2, -0.15) is 0 Å². The van der Waals surface area contributed by atoms with E-state index in [9.17, 15) is 4.79 Å². The van der Waals surface area contributed by atoms with Crippen LogP contribution in [0.4, 0.5) is 10.5 Å². The molecule has 5 nitrogen and oxygen atoms in total. The van der Waals surface area contributed by atoms with Gasteiger partial charge in [-0.1, -0.05) is 25.5 Å². The molecule has 0 bridgehead atoms. The third-order valence-corrected chi connectivity index (χ3v) is 3.88. The molecule has 0 unspecified atom stereocenters. The second kappa shape index (κ2) is 10.2. The summed E-state index contributed by atoms with van der Waals surface area (Å²) in [5.74, 6) is 0. The summed E-state index contributed by atoms with van der Waals surface area (Å²) in [6.07, 6.45) is 4.42. The highest BCUT2D eigenvalue weighted by molar-refractivity contribution is 5.84. The number of benzene rings is 1. The number of nitrogens with zero attached hydrogens (tertiary/aromatic N) is 1. The molecule has 1 N–H and O–H groups in total. The van der Waals surface area contributed by atoms with Gasteiger partial charge in [-0.05, 0) is 50.0 Å². The number of carbonyl (C=O) groups is 1. The Balaban J connectivity index is 1.68. The quantitative estimate of drug-likeness (QED) is 0.743. The molecule has 1 fully saturated rings. The predicted molar refractivity (Wildman–Crippen MR) is 91.7 cm³/mol. The molecule has 0 saturated carbocycles. The Morgan fingerprint density at radius 1 is 1.22 bits per heavy atom. The van der Waals surface area contributed by atoms with Crippen LogP contribution < -0.4 is 5.32 Å². The maximum atomic E-state index is 11.8. The lowest BCUT2D eigenvalue weighted by Gasteiger charge is -2.25. The summed E-state index contributed by atoms with van der Waals surface area (Å²) in [6, 6.07) is 7.67. The van der Waals surface area contributed by atoms with Crippen LogP contribution in [0.3, 0.4) is 0 Å². The summed E-state index contributed by atoms with van der Waals surface area (Å²) >= 11 is 0. The average Bonchev–Trinajstić information content (AvgIpc) is 2.56. The van der Waals surface area contributed by atoms with Crippen molar-refractivity contribution < 1.29 is 14.3 Å². The van der Waals surface area contributed by atoms with E-state index in [1.807, 2.05) is 24.3 Å². The molecule has 0 aromatic heterocycles. The van der Waals surface area contributed by atoms with E-state index in [4.69, 9.17) is 9.47 Å². The standard InChI is InChI=1S/C18H28N2O3/c1-2-12-22-15-16-7-6-8-17(14-16)19-18(21)23-13-11-20-9-4-3-5-10-20/h6-8,14H,2-5,9-13,15H2,1H3,(H,19,21). The van der Waals surface area contributed by atoms with Gasteiger partial charge < -0.3 is 9.47 Å². The monoisotopic (exact) mass is 320 g/mol. The van der Waals surface area contributed by atoms with Crippen LogP contribution in [0.1, 0.15) is 38.2 Å². The molecule has 1 aromatic rings. The molecule has 0 aliphatic carbocycles. The smallest absolute Gasteiger partial charge is 0.411 e. The third kappa shape index (κ3) is 7.01. The first-order chi connectivity index (χ1) is 11.3. The summed E-state index contributed by atoms with van der Waals surface area (Å²) in [4.78, 5) is 14.2. The lowest BCUT2D eigenvalue weighted by atomic mass is 10.1. The van der Waals surface area contributed by atoms with Crippen molar-refractivity contribution in [3.8, 4) is 0 Å². The van der Waals surface area contributed by atoms with Crippen LogP contribution in [0.5, 0.6) is 0 Å². The van der Waals surface area contributed by atoms with Crippen LogP contribution in [-0.2, 0) is 16.1 Å². The maximum Gasteiger partial charge on any atom is 0.411 e. The van der Waals surface area contributed by atoms with Crippen LogP contribution >= 0.6 is 0 Å². The molecule has 0 spiro atoms. The molecule has 0 atom stereocenters. The lowest BCUT2D eigenvalue weighted by Crippen LogP contribution is -2.33. The number of hydrogen-bond donors (Lipinski definition) is 1. The summed E-state index contributed by atoms with van der Waals surface area (Å²) in [6.45, 7) is 6.88. The molecule has 1 aliphatic rings.